The highest BCUT2D eigenvalue weighted by Gasteiger charge is 2.35. The van der Waals surface area contributed by atoms with Crippen LogP contribution in [0.2, 0.25) is 5.02 Å². The first-order chi connectivity index (χ1) is 23.1. The number of amides is 1. The molecule has 0 unspecified atom stereocenters. The molecule has 1 amide bonds. The van der Waals surface area contributed by atoms with Crippen LogP contribution in [0.15, 0.2) is 70.8 Å². The summed E-state index contributed by atoms with van der Waals surface area (Å²) in [6.45, 7) is 8.51. The van der Waals surface area contributed by atoms with Crippen LogP contribution in [0.3, 0.4) is 0 Å². The number of carbonyl (C=O) groups is 1. The Morgan fingerprint density at radius 2 is 1.73 bits per heavy atom. The van der Waals surface area contributed by atoms with Crippen molar-refractivity contribution >= 4 is 60.5 Å². The molecule has 4 heterocycles. The van der Waals surface area contributed by atoms with E-state index in [0.717, 1.165) is 10.8 Å². The molecule has 6 rings (SSSR count). The largest absolute Gasteiger partial charge is 0.384 e. The van der Waals surface area contributed by atoms with Crippen LogP contribution in [0, 0.1) is 12.7 Å². The molecule has 0 atom stereocenters. The highest BCUT2D eigenvalue weighted by Crippen LogP contribution is 2.43. The van der Waals surface area contributed by atoms with Crippen molar-refractivity contribution in [3.05, 3.63) is 93.5 Å². The van der Waals surface area contributed by atoms with Crippen LogP contribution in [0.1, 0.15) is 31.0 Å². The number of nitrogens with zero attached hydrogens (tertiary/aromatic N) is 5. The van der Waals surface area contributed by atoms with Crippen molar-refractivity contribution < 1.29 is 22.0 Å². The van der Waals surface area contributed by atoms with E-state index in [1.54, 1.807) is 54.4 Å². The fourth-order valence-corrected chi connectivity index (χ4v) is 7.79. The van der Waals surface area contributed by atoms with E-state index in [1.807, 2.05) is 13.8 Å². The van der Waals surface area contributed by atoms with E-state index in [9.17, 15) is 22.4 Å². The number of sulfone groups is 1. The normalized spacial score (nSPS) is 13.9. The van der Waals surface area contributed by atoms with Gasteiger partial charge in [-0.15, -0.1) is 0 Å². The third-order valence-corrected chi connectivity index (χ3v) is 10.1. The summed E-state index contributed by atoms with van der Waals surface area (Å²) in [7, 11) is -4.29. The van der Waals surface area contributed by atoms with Crippen molar-refractivity contribution in [3.63, 3.8) is 0 Å². The van der Waals surface area contributed by atoms with E-state index in [4.69, 9.17) is 17.3 Å². The molecular weight excluding hydrogens is 674 g/mol. The first kappa shape index (κ1) is 34.0. The molecule has 0 spiro atoms. The van der Waals surface area contributed by atoms with E-state index >= 15 is 4.39 Å². The van der Waals surface area contributed by atoms with Crippen LogP contribution in [0.4, 0.5) is 20.3 Å². The summed E-state index contributed by atoms with van der Waals surface area (Å²) in [6.07, 6.45) is 2.48. The zero-order valence-electron chi connectivity index (χ0n) is 27.2. The highest BCUT2D eigenvalue weighted by atomic mass is 35.5. The number of fused-ring (bicyclic) bond motifs is 2. The molecule has 5 aromatic rings. The van der Waals surface area contributed by atoms with Gasteiger partial charge in [0.25, 0.3) is 11.5 Å². The zero-order valence-corrected chi connectivity index (χ0v) is 28.8. The van der Waals surface area contributed by atoms with Crippen LogP contribution >= 0.6 is 11.6 Å². The lowest BCUT2D eigenvalue weighted by atomic mass is 9.99. The number of hydrogen-bond acceptors (Lipinski definition) is 8. The highest BCUT2D eigenvalue weighted by molar-refractivity contribution is 7.90. The number of rotatable bonds is 6. The van der Waals surface area contributed by atoms with Gasteiger partial charge in [-0.25, -0.2) is 22.2 Å². The summed E-state index contributed by atoms with van der Waals surface area (Å²) in [5.41, 5.74) is 6.09. The predicted octanol–water partition coefficient (Wildman–Crippen LogP) is 5.94. The average molecular weight is 707 g/mol. The maximum Gasteiger partial charge on any atom is 0.282 e. The number of hydrogen-bond donors (Lipinski definition) is 1. The third-order valence-electron chi connectivity index (χ3n) is 8.69. The Kier molecular flexibility index (Phi) is 8.70. The van der Waals surface area contributed by atoms with Crippen LogP contribution < -0.4 is 16.2 Å². The molecule has 10 nitrogen and oxygen atoms in total. The van der Waals surface area contributed by atoms with Gasteiger partial charge in [0.05, 0.1) is 38.9 Å². The lowest BCUT2D eigenvalue weighted by Crippen LogP contribution is -2.49. The van der Waals surface area contributed by atoms with Crippen molar-refractivity contribution in [1.29, 1.82) is 0 Å². The molecule has 1 aliphatic rings. The van der Waals surface area contributed by atoms with E-state index in [0.29, 0.717) is 22.0 Å². The van der Waals surface area contributed by atoms with Gasteiger partial charge in [-0.3, -0.25) is 19.1 Å². The molecular formula is C35H33ClF2N6O4S. The number of carbonyl (C=O) groups excluding carboxylic acids is 1. The fraction of sp³-hybridized carbons (Fsp3) is 0.257. The summed E-state index contributed by atoms with van der Waals surface area (Å²) in [5.74, 6) is -3.08. The molecule has 1 aliphatic heterocycles. The molecule has 14 heteroatoms. The minimum atomic E-state index is -4.29. The second-order valence-electron chi connectivity index (χ2n) is 12.4. The Labute approximate surface area is 286 Å². The zero-order chi connectivity index (χ0) is 35.5. The van der Waals surface area contributed by atoms with Crippen LogP contribution in [-0.2, 0) is 14.6 Å². The topological polar surface area (TPSA) is 131 Å². The lowest BCUT2D eigenvalue weighted by molar-refractivity contribution is -0.128. The van der Waals surface area contributed by atoms with Crippen molar-refractivity contribution in [3.8, 4) is 16.9 Å². The van der Waals surface area contributed by atoms with Gasteiger partial charge in [0.15, 0.2) is 26.4 Å². The van der Waals surface area contributed by atoms with Crippen molar-refractivity contribution in [2.75, 3.05) is 43.1 Å². The molecule has 0 radical (unpaired) electrons. The van der Waals surface area contributed by atoms with Crippen molar-refractivity contribution in [2.45, 2.75) is 31.6 Å². The Morgan fingerprint density at radius 3 is 2.37 bits per heavy atom. The van der Waals surface area contributed by atoms with E-state index < -0.39 is 37.8 Å². The van der Waals surface area contributed by atoms with Crippen molar-refractivity contribution in [2.24, 2.45) is 0 Å². The Hall–Kier alpha value is -4.88. The monoisotopic (exact) mass is 706 g/mol. The minimum absolute atomic E-state index is 0.00561. The second kappa shape index (κ2) is 12.5. The maximum atomic E-state index is 17.7. The number of aryl methyl sites for hydroxylation is 1. The van der Waals surface area contributed by atoms with Gasteiger partial charge in [-0.05, 0) is 42.0 Å². The van der Waals surface area contributed by atoms with Crippen LogP contribution in [0.25, 0.3) is 38.6 Å². The minimum Gasteiger partial charge on any atom is -0.384 e. The number of anilines is 2. The van der Waals surface area contributed by atoms with Crippen LogP contribution in [-0.4, -0.2) is 66.2 Å². The number of piperazine rings is 1. The van der Waals surface area contributed by atoms with Gasteiger partial charge in [0.1, 0.15) is 5.82 Å². The Balaban J connectivity index is 1.79. The number of aromatic nitrogens is 3. The van der Waals surface area contributed by atoms with Gasteiger partial charge < -0.3 is 15.5 Å². The van der Waals surface area contributed by atoms with Gasteiger partial charge in [-0.2, -0.15) is 0 Å². The molecule has 254 valence electrons. The predicted molar refractivity (Wildman–Crippen MR) is 188 cm³/mol. The number of benzene rings is 2. The molecule has 1 saturated heterocycles. The fourth-order valence-electron chi connectivity index (χ4n) is 6.51. The summed E-state index contributed by atoms with van der Waals surface area (Å²) in [5, 5.41) is 1.16. The van der Waals surface area contributed by atoms with Crippen molar-refractivity contribution in [1.82, 2.24) is 19.4 Å². The van der Waals surface area contributed by atoms with Gasteiger partial charge in [-0.1, -0.05) is 56.3 Å². The summed E-state index contributed by atoms with van der Waals surface area (Å²) >= 11 is 6.93. The first-order valence-electron chi connectivity index (χ1n) is 15.4. The van der Waals surface area contributed by atoms with E-state index in [1.165, 1.54) is 11.0 Å². The Bertz CT molecular complexity index is 2390. The molecule has 0 bridgehead atoms. The number of nitrogens with two attached hydrogens (primary N) is 1. The average Bonchev–Trinajstić information content (AvgIpc) is 3.03. The molecule has 2 aromatic carbocycles. The molecule has 0 aliphatic carbocycles. The van der Waals surface area contributed by atoms with Crippen LogP contribution in [0.5, 0.6) is 0 Å². The quantitative estimate of drug-likeness (QED) is 0.215. The second-order valence-corrected chi connectivity index (χ2v) is 14.7. The van der Waals surface area contributed by atoms with Gasteiger partial charge in [0, 0.05) is 49.4 Å². The SMILES string of the molecule is C=C(F)C(=O)N1CCN(c2c(S(C)(=O)=O)c(=O)n(-c3c(C)ccnc3C(C)C)c3c(F)c(-c4nc(N)cc5ccccc45)c(Cl)cc23)CC1. The molecule has 49 heavy (non-hydrogen) atoms. The first-order valence-corrected chi connectivity index (χ1v) is 17.7. The Morgan fingerprint density at radius 1 is 1.06 bits per heavy atom. The maximum absolute atomic E-state index is 17.7. The third kappa shape index (κ3) is 5.80. The molecule has 3 aromatic heterocycles. The summed E-state index contributed by atoms with van der Waals surface area (Å²) in [4.78, 5) is 38.3. The lowest BCUT2D eigenvalue weighted by Gasteiger charge is -2.37. The van der Waals surface area contributed by atoms with Gasteiger partial charge in [0.2, 0.25) is 0 Å². The van der Waals surface area contributed by atoms with E-state index in [-0.39, 0.29) is 76.5 Å². The van der Waals surface area contributed by atoms with Gasteiger partial charge >= 0.3 is 0 Å². The molecule has 2 N–H and O–H groups in total. The summed E-state index contributed by atoms with van der Waals surface area (Å²) < 4.78 is 59.7. The smallest absolute Gasteiger partial charge is 0.282 e. The number of halogens is 3. The molecule has 0 saturated carbocycles. The number of nitrogen functional groups attached to an aromatic ring is 1. The molecule has 1 fully saturated rings. The summed E-state index contributed by atoms with van der Waals surface area (Å²) in [6, 6.07) is 11.8. The van der Waals surface area contributed by atoms with E-state index in [2.05, 4.69) is 16.5 Å². The number of pyridine rings is 3. The standard InChI is InChI=1S/C35H33ClF2N6O4S/c1-18(2)28-30(19(3)10-11-40-28)44-31-23(17-24(36)26(27(31)38)29-22-9-7-6-8-21(22)16-25(39)41-29)32(33(35(44)46)49(5,47)48)42-12-14-43(15-13-42)34(45)20(4)37/h6-11,16-18H,4,12-15H2,1-3,5H3,(H2,39,41).